The zero-order chi connectivity index (χ0) is 24.2. The van der Waals surface area contributed by atoms with Crippen molar-refractivity contribution >= 4 is 35.3 Å². The summed E-state index contributed by atoms with van der Waals surface area (Å²) in [5.41, 5.74) is 2.21. The van der Waals surface area contributed by atoms with E-state index < -0.39 is 23.9 Å². The molecule has 0 aliphatic carbocycles. The van der Waals surface area contributed by atoms with E-state index in [9.17, 15) is 9.59 Å². The fourth-order valence-electron chi connectivity index (χ4n) is 3.11. The van der Waals surface area contributed by atoms with Crippen LogP contribution >= 0.6 is 11.6 Å². The minimum atomic E-state index is -0.629. The first-order valence-electron chi connectivity index (χ1n) is 10.4. The first kappa shape index (κ1) is 24.1. The van der Waals surface area contributed by atoms with E-state index in [0.717, 1.165) is 5.56 Å². The molecular weight excluding hydrogens is 444 g/mol. The monoisotopic (exact) mass is 470 g/mol. The van der Waals surface area contributed by atoms with Gasteiger partial charge in [0, 0.05) is 28.9 Å². The third-order valence-corrected chi connectivity index (χ3v) is 4.97. The van der Waals surface area contributed by atoms with Crippen LogP contribution in [0.1, 0.15) is 39.4 Å². The molecule has 2 aromatic carbocycles. The maximum Gasteiger partial charge on any atom is 0.413 e. The van der Waals surface area contributed by atoms with Gasteiger partial charge in [-0.3, -0.25) is 15.3 Å². The summed E-state index contributed by atoms with van der Waals surface area (Å²) in [6.45, 7) is 7.15. The van der Waals surface area contributed by atoms with Gasteiger partial charge in [0.1, 0.15) is 17.5 Å². The summed E-state index contributed by atoms with van der Waals surface area (Å²) in [5.74, 6) is 0.471. The SMILES string of the molecule is C[C@@H](OC(=O)Nc1c(-c2ccc(NC(=O)OC(C)(C)C)cc2)cnn1C)c1ccccc1Cl. The van der Waals surface area contributed by atoms with Crippen molar-refractivity contribution in [3.8, 4) is 11.1 Å². The molecule has 0 saturated carbocycles. The van der Waals surface area contributed by atoms with Gasteiger partial charge < -0.3 is 9.47 Å². The van der Waals surface area contributed by atoms with Crippen LogP contribution < -0.4 is 10.6 Å². The standard InChI is InChI=1S/C24H27ClN4O4/c1-15(18-8-6-7-9-20(18)25)32-22(30)28-21-19(14-26-29(21)5)16-10-12-17(13-11-16)27-23(31)33-24(2,3)4/h6-15H,1-5H3,(H,27,31)(H,28,30)/t15-/m1/s1. The second-order valence-electron chi connectivity index (χ2n) is 8.43. The highest BCUT2D eigenvalue weighted by atomic mass is 35.5. The van der Waals surface area contributed by atoms with Crippen LogP contribution in [0, 0.1) is 0 Å². The molecule has 3 aromatic rings. The minimum Gasteiger partial charge on any atom is -0.444 e. The highest BCUT2D eigenvalue weighted by Gasteiger charge is 2.19. The van der Waals surface area contributed by atoms with Crippen molar-refractivity contribution in [2.45, 2.75) is 39.4 Å². The number of benzene rings is 2. The maximum atomic E-state index is 12.6. The minimum absolute atomic E-state index is 0.471. The number of aryl methyl sites for hydroxylation is 1. The smallest absolute Gasteiger partial charge is 0.413 e. The molecule has 2 amide bonds. The van der Waals surface area contributed by atoms with Crippen molar-refractivity contribution in [3.05, 3.63) is 65.3 Å². The van der Waals surface area contributed by atoms with Gasteiger partial charge in [0.2, 0.25) is 0 Å². The molecule has 1 aromatic heterocycles. The molecule has 0 bridgehead atoms. The predicted octanol–water partition coefficient (Wildman–Crippen LogP) is 6.40. The van der Waals surface area contributed by atoms with Gasteiger partial charge in [0.05, 0.1) is 6.20 Å². The first-order chi connectivity index (χ1) is 15.5. The summed E-state index contributed by atoms with van der Waals surface area (Å²) >= 11 is 6.19. The molecule has 0 spiro atoms. The van der Waals surface area contributed by atoms with Crippen LogP contribution in [-0.4, -0.2) is 27.6 Å². The molecule has 8 nitrogen and oxygen atoms in total. The molecule has 9 heteroatoms. The van der Waals surface area contributed by atoms with E-state index in [0.29, 0.717) is 27.7 Å². The van der Waals surface area contributed by atoms with Crippen LogP contribution in [0.5, 0.6) is 0 Å². The van der Waals surface area contributed by atoms with E-state index in [1.54, 1.807) is 63.8 Å². The molecule has 33 heavy (non-hydrogen) atoms. The Kier molecular flexibility index (Phi) is 7.28. The Morgan fingerprint density at radius 2 is 1.70 bits per heavy atom. The molecular formula is C24H27ClN4O4. The van der Waals surface area contributed by atoms with Gasteiger partial charge in [-0.2, -0.15) is 5.10 Å². The fourth-order valence-corrected chi connectivity index (χ4v) is 3.40. The third-order valence-electron chi connectivity index (χ3n) is 4.63. The molecule has 0 fully saturated rings. The van der Waals surface area contributed by atoms with E-state index in [1.807, 2.05) is 30.3 Å². The van der Waals surface area contributed by atoms with Crippen LogP contribution in [0.4, 0.5) is 21.1 Å². The largest absolute Gasteiger partial charge is 0.444 e. The number of amides is 2. The summed E-state index contributed by atoms with van der Waals surface area (Å²) in [6, 6.07) is 14.3. The lowest BCUT2D eigenvalue weighted by atomic mass is 10.1. The van der Waals surface area contributed by atoms with E-state index in [1.165, 1.54) is 0 Å². The number of anilines is 2. The third kappa shape index (κ3) is 6.49. The Balaban J connectivity index is 1.70. The van der Waals surface area contributed by atoms with Crippen molar-refractivity contribution in [1.82, 2.24) is 9.78 Å². The Bertz CT molecular complexity index is 1140. The molecule has 3 rings (SSSR count). The lowest BCUT2D eigenvalue weighted by Gasteiger charge is -2.19. The van der Waals surface area contributed by atoms with Crippen molar-refractivity contribution < 1.29 is 19.1 Å². The molecule has 1 atom stereocenters. The Morgan fingerprint density at radius 3 is 2.33 bits per heavy atom. The summed E-state index contributed by atoms with van der Waals surface area (Å²) in [4.78, 5) is 24.5. The van der Waals surface area contributed by atoms with Crippen molar-refractivity contribution in [2.24, 2.45) is 7.05 Å². The van der Waals surface area contributed by atoms with Gasteiger partial charge in [0.25, 0.3) is 0 Å². The van der Waals surface area contributed by atoms with Crippen LogP contribution in [0.15, 0.2) is 54.7 Å². The Morgan fingerprint density at radius 1 is 1.03 bits per heavy atom. The quantitative estimate of drug-likeness (QED) is 0.450. The molecule has 0 aliphatic heterocycles. The Hall–Kier alpha value is -3.52. The molecule has 0 aliphatic rings. The van der Waals surface area contributed by atoms with Crippen LogP contribution in [0.25, 0.3) is 11.1 Å². The number of hydrogen-bond acceptors (Lipinski definition) is 5. The van der Waals surface area contributed by atoms with E-state index in [-0.39, 0.29) is 0 Å². The number of nitrogens with one attached hydrogen (secondary N) is 2. The highest BCUT2D eigenvalue weighted by Crippen LogP contribution is 2.30. The molecule has 0 unspecified atom stereocenters. The molecule has 1 heterocycles. The zero-order valence-electron chi connectivity index (χ0n) is 19.2. The van der Waals surface area contributed by atoms with Crippen LogP contribution in [-0.2, 0) is 16.5 Å². The summed E-state index contributed by atoms with van der Waals surface area (Å²) in [5, 5.41) is 10.2. The maximum absolute atomic E-state index is 12.6. The highest BCUT2D eigenvalue weighted by molar-refractivity contribution is 6.31. The van der Waals surface area contributed by atoms with Crippen molar-refractivity contribution in [2.75, 3.05) is 10.6 Å². The summed E-state index contributed by atoms with van der Waals surface area (Å²) < 4.78 is 12.3. The average molecular weight is 471 g/mol. The lowest BCUT2D eigenvalue weighted by molar-refractivity contribution is 0.0636. The number of hydrogen-bond donors (Lipinski definition) is 2. The molecule has 174 valence electrons. The molecule has 2 N–H and O–H groups in total. The number of aromatic nitrogens is 2. The normalized spacial score (nSPS) is 12.1. The summed E-state index contributed by atoms with van der Waals surface area (Å²) in [6.07, 6.45) is -0.0536. The van der Waals surface area contributed by atoms with E-state index in [4.69, 9.17) is 21.1 Å². The summed E-state index contributed by atoms with van der Waals surface area (Å²) in [7, 11) is 1.72. The predicted molar refractivity (Wildman–Crippen MR) is 128 cm³/mol. The van der Waals surface area contributed by atoms with Gasteiger partial charge in [-0.1, -0.05) is 41.9 Å². The molecule has 0 radical (unpaired) electrons. The number of nitrogens with zero attached hydrogens (tertiary/aromatic N) is 2. The van der Waals surface area contributed by atoms with E-state index >= 15 is 0 Å². The zero-order valence-corrected chi connectivity index (χ0v) is 19.9. The van der Waals surface area contributed by atoms with E-state index in [2.05, 4.69) is 15.7 Å². The van der Waals surface area contributed by atoms with Gasteiger partial charge in [-0.05, 0) is 51.5 Å². The number of rotatable bonds is 5. The van der Waals surface area contributed by atoms with Crippen LogP contribution in [0.2, 0.25) is 5.02 Å². The lowest BCUT2D eigenvalue weighted by Crippen LogP contribution is -2.27. The van der Waals surface area contributed by atoms with Gasteiger partial charge in [-0.25, -0.2) is 9.59 Å². The second-order valence-corrected chi connectivity index (χ2v) is 8.84. The van der Waals surface area contributed by atoms with Crippen molar-refractivity contribution in [1.29, 1.82) is 0 Å². The second kappa shape index (κ2) is 9.95. The number of halogens is 1. The number of carbonyl (C=O) groups excluding carboxylic acids is 2. The topological polar surface area (TPSA) is 94.5 Å². The molecule has 0 saturated heterocycles. The van der Waals surface area contributed by atoms with Gasteiger partial charge in [0.15, 0.2) is 0 Å². The first-order valence-corrected chi connectivity index (χ1v) is 10.8. The van der Waals surface area contributed by atoms with Crippen molar-refractivity contribution in [3.63, 3.8) is 0 Å². The van der Waals surface area contributed by atoms with Gasteiger partial charge in [-0.15, -0.1) is 0 Å². The average Bonchev–Trinajstić information content (AvgIpc) is 3.07. The van der Waals surface area contributed by atoms with Gasteiger partial charge >= 0.3 is 12.2 Å². The Labute approximate surface area is 197 Å². The number of carbonyl (C=O) groups is 2. The number of ether oxygens (including phenoxy) is 2. The fraction of sp³-hybridized carbons (Fsp3) is 0.292. The van der Waals surface area contributed by atoms with Crippen LogP contribution in [0.3, 0.4) is 0 Å².